The van der Waals surface area contributed by atoms with Crippen molar-refractivity contribution in [3.05, 3.63) is 0 Å². The number of likely N-dealkylation sites (N-methyl/N-ethyl adjacent to an activating group) is 1. The molecule has 1 saturated heterocycles. The van der Waals surface area contributed by atoms with E-state index in [1.54, 1.807) is 6.92 Å². The summed E-state index contributed by atoms with van der Waals surface area (Å²) in [6.07, 6.45) is -0.445. The van der Waals surface area contributed by atoms with E-state index in [1.165, 1.54) is 0 Å². The maximum atomic E-state index is 11.7. The third-order valence-electron chi connectivity index (χ3n) is 2.52. The Kier molecular flexibility index (Phi) is 5.32. The van der Waals surface area contributed by atoms with Crippen LogP contribution in [-0.4, -0.2) is 74.5 Å². The van der Waals surface area contributed by atoms with Gasteiger partial charge in [-0.2, -0.15) is 0 Å². The molecule has 0 bridgehead atoms. The van der Waals surface area contributed by atoms with Crippen molar-refractivity contribution >= 4 is 5.91 Å². The topological polar surface area (TPSA) is 73.8 Å². The monoisotopic (exact) mass is 245 g/mol. The Labute approximate surface area is 102 Å². The lowest BCUT2D eigenvalue weighted by atomic mass is 10.1. The van der Waals surface area contributed by atoms with E-state index in [-0.39, 0.29) is 12.5 Å². The number of hydrogen-bond acceptors (Lipinski definition) is 5. The Morgan fingerprint density at radius 3 is 2.88 bits per heavy atom. The highest BCUT2D eigenvalue weighted by Crippen LogP contribution is 2.03. The smallest absolute Gasteiger partial charge is 0.250 e. The van der Waals surface area contributed by atoms with E-state index in [9.17, 15) is 9.90 Å². The van der Waals surface area contributed by atoms with Crippen molar-refractivity contribution in [2.24, 2.45) is 0 Å². The molecule has 0 radical (unpaired) electrons. The van der Waals surface area contributed by atoms with Gasteiger partial charge in [-0.3, -0.25) is 4.79 Å². The Morgan fingerprint density at radius 1 is 1.65 bits per heavy atom. The maximum Gasteiger partial charge on any atom is 0.250 e. The number of nitrogens with one attached hydrogen (secondary N) is 2. The van der Waals surface area contributed by atoms with Gasteiger partial charge >= 0.3 is 0 Å². The Hall–Kier alpha value is -0.690. The molecule has 1 amide bonds. The summed E-state index contributed by atoms with van der Waals surface area (Å²) < 4.78 is 5.32. The number of hydrogen-bond donors (Lipinski definition) is 3. The number of nitrogens with zero attached hydrogens (tertiary/aromatic N) is 1. The summed E-state index contributed by atoms with van der Waals surface area (Å²) in [6.45, 7) is 4.28. The molecule has 0 spiro atoms. The highest BCUT2D eigenvalue weighted by atomic mass is 16.5. The van der Waals surface area contributed by atoms with E-state index in [0.29, 0.717) is 19.7 Å². The van der Waals surface area contributed by atoms with Gasteiger partial charge < -0.3 is 25.4 Å². The van der Waals surface area contributed by atoms with E-state index < -0.39 is 11.7 Å². The number of morpholine rings is 1. The van der Waals surface area contributed by atoms with Crippen molar-refractivity contribution in [1.29, 1.82) is 0 Å². The molecule has 0 aromatic carbocycles. The zero-order chi connectivity index (χ0) is 12.9. The summed E-state index contributed by atoms with van der Waals surface area (Å²) in [5.74, 6) is -0.170. The van der Waals surface area contributed by atoms with Crippen molar-refractivity contribution < 1.29 is 14.6 Å². The first-order chi connectivity index (χ1) is 7.91. The van der Waals surface area contributed by atoms with Crippen molar-refractivity contribution in [3.8, 4) is 0 Å². The molecule has 1 fully saturated rings. The van der Waals surface area contributed by atoms with E-state index in [0.717, 1.165) is 6.54 Å². The molecule has 17 heavy (non-hydrogen) atoms. The summed E-state index contributed by atoms with van der Waals surface area (Å²) in [7, 11) is 3.76. The van der Waals surface area contributed by atoms with E-state index in [4.69, 9.17) is 4.74 Å². The summed E-state index contributed by atoms with van der Waals surface area (Å²) in [5, 5.41) is 15.8. The van der Waals surface area contributed by atoms with E-state index in [1.807, 2.05) is 19.0 Å². The molecule has 6 heteroatoms. The minimum absolute atomic E-state index is 0.170. The number of aliphatic hydroxyl groups is 1. The average molecular weight is 245 g/mol. The molecule has 1 heterocycles. The van der Waals surface area contributed by atoms with Crippen LogP contribution in [0.3, 0.4) is 0 Å². The van der Waals surface area contributed by atoms with Crippen molar-refractivity contribution in [2.75, 3.05) is 46.9 Å². The quantitative estimate of drug-likeness (QED) is 0.544. The average Bonchev–Trinajstić information content (AvgIpc) is 2.25. The van der Waals surface area contributed by atoms with Gasteiger partial charge in [0.1, 0.15) is 6.10 Å². The van der Waals surface area contributed by atoms with Gasteiger partial charge in [0.15, 0.2) is 0 Å². The molecule has 0 saturated carbocycles. The van der Waals surface area contributed by atoms with E-state index >= 15 is 0 Å². The molecular formula is C11H23N3O3. The standard InChI is InChI=1S/C11H23N3O3/c1-11(16,8-14(2)3)7-13-10(15)9-6-12-4-5-17-9/h9,12,16H,4-8H2,1-3H3,(H,13,15). The molecule has 6 nitrogen and oxygen atoms in total. The molecule has 3 N–H and O–H groups in total. The normalized spacial score (nSPS) is 24.4. The lowest BCUT2D eigenvalue weighted by molar-refractivity contribution is -0.135. The molecule has 100 valence electrons. The largest absolute Gasteiger partial charge is 0.387 e. The Balaban J connectivity index is 2.31. The van der Waals surface area contributed by atoms with Crippen LogP contribution < -0.4 is 10.6 Å². The second kappa shape index (κ2) is 6.30. The van der Waals surface area contributed by atoms with Gasteiger partial charge in [0.2, 0.25) is 0 Å². The minimum Gasteiger partial charge on any atom is -0.387 e. The Bertz CT molecular complexity index is 250. The summed E-state index contributed by atoms with van der Waals surface area (Å²) >= 11 is 0. The van der Waals surface area contributed by atoms with Crippen LogP contribution in [0.25, 0.3) is 0 Å². The number of rotatable bonds is 5. The number of ether oxygens (including phenoxy) is 1. The summed E-state index contributed by atoms with van der Waals surface area (Å²) in [5.41, 5.74) is -0.929. The van der Waals surface area contributed by atoms with Gasteiger partial charge in [-0.15, -0.1) is 0 Å². The second-order valence-corrected chi connectivity index (χ2v) is 5.02. The van der Waals surface area contributed by atoms with Gasteiger partial charge in [-0.25, -0.2) is 0 Å². The molecule has 1 aliphatic heterocycles. The lowest BCUT2D eigenvalue weighted by Gasteiger charge is -2.29. The van der Waals surface area contributed by atoms with Crippen LogP contribution in [0, 0.1) is 0 Å². The number of amides is 1. The minimum atomic E-state index is -0.929. The van der Waals surface area contributed by atoms with Crippen LogP contribution in [0.5, 0.6) is 0 Å². The fourth-order valence-corrected chi connectivity index (χ4v) is 1.86. The molecule has 2 atom stereocenters. The van der Waals surface area contributed by atoms with Crippen molar-refractivity contribution in [2.45, 2.75) is 18.6 Å². The van der Waals surface area contributed by atoms with Crippen LogP contribution in [0.2, 0.25) is 0 Å². The predicted octanol–water partition coefficient (Wildman–Crippen LogP) is -1.60. The predicted molar refractivity (Wildman–Crippen MR) is 64.8 cm³/mol. The zero-order valence-corrected chi connectivity index (χ0v) is 10.8. The lowest BCUT2D eigenvalue weighted by Crippen LogP contribution is -2.52. The molecule has 0 aromatic rings. The molecule has 0 aromatic heterocycles. The van der Waals surface area contributed by atoms with Crippen molar-refractivity contribution in [1.82, 2.24) is 15.5 Å². The van der Waals surface area contributed by atoms with Gasteiger partial charge in [-0.05, 0) is 21.0 Å². The molecule has 2 unspecified atom stereocenters. The highest BCUT2D eigenvalue weighted by Gasteiger charge is 2.26. The zero-order valence-electron chi connectivity index (χ0n) is 10.8. The third kappa shape index (κ3) is 5.45. The molecular weight excluding hydrogens is 222 g/mol. The number of carbonyl (C=O) groups excluding carboxylic acids is 1. The first-order valence-corrected chi connectivity index (χ1v) is 5.88. The van der Waals surface area contributed by atoms with E-state index in [2.05, 4.69) is 10.6 Å². The third-order valence-corrected chi connectivity index (χ3v) is 2.52. The van der Waals surface area contributed by atoms with Crippen LogP contribution in [-0.2, 0) is 9.53 Å². The van der Waals surface area contributed by atoms with Crippen LogP contribution >= 0.6 is 0 Å². The second-order valence-electron chi connectivity index (χ2n) is 5.02. The van der Waals surface area contributed by atoms with Crippen LogP contribution in [0.15, 0.2) is 0 Å². The summed E-state index contributed by atoms with van der Waals surface area (Å²) in [6, 6.07) is 0. The van der Waals surface area contributed by atoms with Crippen LogP contribution in [0.4, 0.5) is 0 Å². The first kappa shape index (κ1) is 14.4. The maximum absolute atomic E-state index is 11.7. The van der Waals surface area contributed by atoms with Gasteiger partial charge in [0, 0.05) is 26.2 Å². The molecule has 1 aliphatic rings. The van der Waals surface area contributed by atoms with Gasteiger partial charge in [0.25, 0.3) is 5.91 Å². The number of carbonyl (C=O) groups is 1. The Morgan fingerprint density at radius 2 is 2.35 bits per heavy atom. The fourth-order valence-electron chi connectivity index (χ4n) is 1.86. The van der Waals surface area contributed by atoms with Crippen LogP contribution in [0.1, 0.15) is 6.92 Å². The molecule has 0 aliphatic carbocycles. The summed E-state index contributed by atoms with van der Waals surface area (Å²) in [4.78, 5) is 13.6. The fraction of sp³-hybridized carbons (Fsp3) is 0.909. The first-order valence-electron chi connectivity index (χ1n) is 5.88. The highest BCUT2D eigenvalue weighted by molar-refractivity contribution is 5.81. The SMILES string of the molecule is CN(C)CC(C)(O)CNC(=O)C1CNCCO1. The molecule has 1 rings (SSSR count). The van der Waals surface area contributed by atoms with Gasteiger partial charge in [-0.1, -0.05) is 0 Å². The van der Waals surface area contributed by atoms with Crippen molar-refractivity contribution in [3.63, 3.8) is 0 Å². The van der Waals surface area contributed by atoms with Gasteiger partial charge in [0.05, 0.1) is 12.2 Å².